The fraction of sp³-hybridized carbons (Fsp3) is 0.571. The first kappa shape index (κ1) is 12.0. The van der Waals surface area contributed by atoms with Crippen molar-refractivity contribution in [1.29, 1.82) is 0 Å². The third-order valence-electron chi connectivity index (χ3n) is 3.88. The summed E-state index contributed by atoms with van der Waals surface area (Å²) < 4.78 is 2.25. The van der Waals surface area contributed by atoms with Crippen LogP contribution < -0.4 is 0 Å². The van der Waals surface area contributed by atoms with Gasteiger partial charge in [-0.1, -0.05) is 0 Å². The van der Waals surface area contributed by atoms with E-state index in [0.29, 0.717) is 6.04 Å². The Morgan fingerprint density at radius 3 is 2.72 bits per heavy atom. The van der Waals surface area contributed by atoms with Gasteiger partial charge in [0.15, 0.2) is 5.65 Å². The highest BCUT2D eigenvalue weighted by atomic mass is 35.5. The van der Waals surface area contributed by atoms with Crippen LogP contribution in [0.1, 0.15) is 49.5 Å². The first-order valence-electron chi connectivity index (χ1n) is 6.57. The van der Waals surface area contributed by atoms with Gasteiger partial charge in [0.05, 0.1) is 5.38 Å². The SMILES string of the molecule is Cc1ccnc2c1nc(C(C)Cl)n2C(C)C1CC1. The van der Waals surface area contributed by atoms with Crippen molar-refractivity contribution in [3.05, 3.63) is 23.7 Å². The zero-order valence-electron chi connectivity index (χ0n) is 11.0. The molecule has 0 aliphatic heterocycles. The van der Waals surface area contributed by atoms with E-state index in [1.807, 2.05) is 19.2 Å². The zero-order chi connectivity index (χ0) is 12.9. The lowest BCUT2D eigenvalue weighted by molar-refractivity contribution is 0.477. The van der Waals surface area contributed by atoms with Gasteiger partial charge in [0.25, 0.3) is 0 Å². The Bertz CT molecular complexity index is 584. The molecular weight excluding hydrogens is 246 g/mol. The quantitative estimate of drug-likeness (QED) is 0.784. The van der Waals surface area contributed by atoms with Crippen LogP contribution in [-0.4, -0.2) is 14.5 Å². The first-order valence-corrected chi connectivity index (χ1v) is 7.00. The van der Waals surface area contributed by atoms with Crippen LogP contribution in [0.25, 0.3) is 11.2 Å². The monoisotopic (exact) mass is 263 g/mol. The minimum Gasteiger partial charge on any atom is -0.308 e. The molecule has 1 fully saturated rings. The molecule has 0 bridgehead atoms. The van der Waals surface area contributed by atoms with Gasteiger partial charge in [0.1, 0.15) is 11.3 Å². The highest BCUT2D eigenvalue weighted by Crippen LogP contribution is 2.42. The molecule has 0 spiro atoms. The van der Waals surface area contributed by atoms with Gasteiger partial charge in [-0.3, -0.25) is 0 Å². The maximum Gasteiger partial charge on any atom is 0.160 e. The average Bonchev–Trinajstić information content (AvgIpc) is 3.09. The molecule has 1 aliphatic carbocycles. The van der Waals surface area contributed by atoms with E-state index in [1.165, 1.54) is 18.4 Å². The van der Waals surface area contributed by atoms with Crippen molar-refractivity contribution in [2.45, 2.75) is 45.0 Å². The summed E-state index contributed by atoms with van der Waals surface area (Å²) in [5.41, 5.74) is 3.14. The van der Waals surface area contributed by atoms with Crippen LogP contribution in [-0.2, 0) is 0 Å². The van der Waals surface area contributed by atoms with Crippen LogP contribution in [0.2, 0.25) is 0 Å². The molecule has 0 amide bonds. The molecule has 96 valence electrons. The second kappa shape index (κ2) is 4.23. The minimum absolute atomic E-state index is 0.0835. The number of hydrogen-bond donors (Lipinski definition) is 0. The summed E-state index contributed by atoms with van der Waals surface area (Å²) in [7, 11) is 0. The van der Waals surface area contributed by atoms with Crippen molar-refractivity contribution < 1.29 is 0 Å². The Labute approximate surface area is 112 Å². The lowest BCUT2D eigenvalue weighted by atomic mass is 10.2. The molecule has 0 aromatic carbocycles. The highest BCUT2D eigenvalue weighted by Gasteiger charge is 2.32. The van der Waals surface area contributed by atoms with Crippen molar-refractivity contribution in [2.24, 2.45) is 5.92 Å². The molecule has 1 aliphatic rings. The fourth-order valence-corrected chi connectivity index (χ4v) is 2.75. The molecule has 2 atom stereocenters. The number of pyridine rings is 1. The van der Waals surface area contributed by atoms with Crippen LogP contribution in [0.4, 0.5) is 0 Å². The maximum absolute atomic E-state index is 6.29. The minimum atomic E-state index is -0.0835. The number of nitrogens with zero attached hydrogens (tertiary/aromatic N) is 3. The van der Waals surface area contributed by atoms with E-state index in [0.717, 1.165) is 22.9 Å². The number of aromatic nitrogens is 3. The Kier molecular flexibility index (Phi) is 2.81. The molecule has 2 heterocycles. The molecule has 3 rings (SSSR count). The summed E-state index contributed by atoms with van der Waals surface area (Å²) in [6.07, 6.45) is 4.48. The lowest BCUT2D eigenvalue weighted by Gasteiger charge is -2.17. The molecule has 18 heavy (non-hydrogen) atoms. The van der Waals surface area contributed by atoms with E-state index in [-0.39, 0.29) is 5.38 Å². The molecular formula is C14H18ClN3. The summed E-state index contributed by atoms with van der Waals surface area (Å²) in [5.74, 6) is 1.71. The summed E-state index contributed by atoms with van der Waals surface area (Å²) in [5, 5.41) is -0.0835. The zero-order valence-corrected chi connectivity index (χ0v) is 11.8. The van der Waals surface area contributed by atoms with Crippen molar-refractivity contribution in [1.82, 2.24) is 14.5 Å². The number of imidazole rings is 1. The van der Waals surface area contributed by atoms with Gasteiger partial charge in [-0.05, 0) is 51.2 Å². The van der Waals surface area contributed by atoms with E-state index in [2.05, 4.69) is 23.4 Å². The summed E-state index contributed by atoms with van der Waals surface area (Å²) >= 11 is 6.29. The Hall–Kier alpha value is -1.09. The van der Waals surface area contributed by atoms with Crippen molar-refractivity contribution >= 4 is 22.8 Å². The third-order valence-corrected chi connectivity index (χ3v) is 4.07. The van der Waals surface area contributed by atoms with Crippen LogP contribution in [0.5, 0.6) is 0 Å². The number of aryl methyl sites for hydroxylation is 1. The Balaban J connectivity index is 2.24. The number of fused-ring (bicyclic) bond motifs is 1. The summed E-state index contributed by atoms with van der Waals surface area (Å²) in [6.45, 7) is 6.31. The van der Waals surface area contributed by atoms with Gasteiger partial charge in [-0.15, -0.1) is 11.6 Å². The molecule has 0 radical (unpaired) electrons. The van der Waals surface area contributed by atoms with Crippen LogP contribution in [0.15, 0.2) is 12.3 Å². The number of hydrogen-bond acceptors (Lipinski definition) is 2. The lowest BCUT2D eigenvalue weighted by Crippen LogP contribution is -2.12. The van der Waals surface area contributed by atoms with Gasteiger partial charge >= 0.3 is 0 Å². The fourth-order valence-electron chi connectivity index (χ4n) is 2.60. The molecule has 4 heteroatoms. The van der Waals surface area contributed by atoms with E-state index in [9.17, 15) is 0 Å². The highest BCUT2D eigenvalue weighted by molar-refractivity contribution is 6.20. The summed E-state index contributed by atoms with van der Waals surface area (Å²) in [6, 6.07) is 2.45. The number of halogens is 1. The van der Waals surface area contributed by atoms with E-state index in [1.54, 1.807) is 0 Å². The number of alkyl halides is 1. The molecule has 0 saturated heterocycles. The molecule has 2 aromatic rings. The molecule has 2 aromatic heterocycles. The normalized spacial score (nSPS) is 19.1. The van der Waals surface area contributed by atoms with E-state index in [4.69, 9.17) is 16.6 Å². The second-order valence-corrected chi connectivity index (χ2v) is 5.99. The maximum atomic E-state index is 6.29. The van der Waals surface area contributed by atoms with Crippen LogP contribution in [0, 0.1) is 12.8 Å². The van der Waals surface area contributed by atoms with Gasteiger partial charge in [-0.2, -0.15) is 0 Å². The Morgan fingerprint density at radius 1 is 1.39 bits per heavy atom. The van der Waals surface area contributed by atoms with Gasteiger partial charge < -0.3 is 4.57 Å². The predicted molar refractivity (Wildman–Crippen MR) is 74.0 cm³/mol. The summed E-state index contributed by atoms with van der Waals surface area (Å²) in [4.78, 5) is 9.23. The smallest absolute Gasteiger partial charge is 0.160 e. The number of rotatable bonds is 3. The van der Waals surface area contributed by atoms with Gasteiger partial charge in [0, 0.05) is 12.2 Å². The topological polar surface area (TPSA) is 30.7 Å². The third kappa shape index (κ3) is 1.81. The molecule has 2 unspecified atom stereocenters. The predicted octanol–water partition coefficient (Wildman–Crippen LogP) is 4.01. The van der Waals surface area contributed by atoms with E-state index < -0.39 is 0 Å². The first-order chi connectivity index (χ1) is 8.59. The Morgan fingerprint density at radius 2 is 2.11 bits per heavy atom. The van der Waals surface area contributed by atoms with Gasteiger partial charge in [0.2, 0.25) is 0 Å². The second-order valence-electron chi connectivity index (χ2n) is 5.33. The standard InChI is InChI=1S/C14H18ClN3/c1-8-6-7-16-14-12(8)17-13(9(2)15)18(14)10(3)11-4-5-11/h6-7,9-11H,4-5H2,1-3H3. The van der Waals surface area contributed by atoms with E-state index >= 15 is 0 Å². The molecule has 1 saturated carbocycles. The van der Waals surface area contributed by atoms with Crippen molar-refractivity contribution in [2.75, 3.05) is 0 Å². The van der Waals surface area contributed by atoms with Crippen LogP contribution >= 0.6 is 11.6 Å². The van der Waals surface area contributed by atoms with Crippen LogP contribution in [0.3, 0.4) is 0 Å². The largest absolute Gasteiger partial charge is 0.308 e. The average molecular weight is 264 g/mol. The van der Waals surface area contributed by atoms with Crippen molar-refractivity contribution in [3.8, 4) is 0 Å². The molecule has 3 nitrogen and oxygen atoms in total. The van der Waals surface area contributed by atoms with Gasteiger partial charge in [-0.25, -0.2) is 9.97 Å². The molecule has 0 N–H and O–H groups in total. The van der Waals surface area contributed by atoms with Crippen molar-refractivity contribution in [3.63, 3.8) is 0 Å².